The topological polar surface area (TPSA) is 69.6 Å². The van der Waals surface area contributed by atoms with E-state index >= 15 is 0 Å². The maximum atomic E-state index is 12.5. The van der Waals surface area contributed by atoms with Gasteiger partial charge in [-0.2, -0.15) is 0 Å². The van der Waals surface area contributed by atoms with Gasteiger partial charge >= 0.3 is 0 Å². The van der Waals surface area contributed by atoms with Crippen molar-refractivity contribution in [2.75, 3.05) is 6.61 Å². The third-order valence-electron chi connectivity index (χ3n) is 13.8. The molecule has 4 heteroatoms. The number of hydrogen-bond acceptors (Lipinski definition) is 3. The van der Waals surface area contributed by atoms with Gasteiger partial charge in [-0.1, -0.05) is 314 Å². The van der Waals surface area contributed by atoms with Crippen LogP contribution in [0.1, 0.15) is 284 Å². The van der Waals surface area contributed by atoms with Crippen LogP contribution >= 0.6 is 0 Å². The molecule has 0 spiro atoms. The molecule has 432 valence electrons. The number of carbonyl (C=O) groups is 1. The molecule has 4 nitrogen and oxygen atoms in total. The predicted molar refractivity (Wildman–Crippen MR) is 340 cm³/mol. The van der Waals surface area contributed by atoms with Crippen molar-refractivity contribution in [2.45, 2.75) is 296 Å². The van der Waals surface area contributed by atoms with E-state index < -0.39 is 12.1 Å². The molecule has 0 rings (SSSR count). The monoisotopic (exact) mass is 1050 g/mol. The zero-order valence-electron chi connectivity index (χ0n) is 49.7. The minimum atomic E-state index is -0.874. The molecule has 0 aromatic carbocycles. The normalized spacial score (nSPS) is 13.8. The molecule has 0 aliphatic heterocycles. The second-order valence-electron chi connectivity index (χ2n) is 21.1. The molecule has 0 fully saturated rings. The maximum absolute atomic E-state index is 12.5. The van der Waals surface area contributed by atoms with Crippen molar-refractivity contribution < 1.29 is 15.0 Å². The number of aliphatic hydroxyl groups excluding tert-OH is 2. The lowest BCUT2D eigenvalue weighted by atomic mass is 10.0. The van der Waals surface area contributed by atoms with Crippen LogP contribution in [0.15, 0.2) is 146 Å². The number of allylic oxidation sites excluding steroid dienone is 23. The molecule has 3 N–H and O–H groups in total. The van der Waals surface area contributed by atoms with Crippen LogP contribution in [0, 0.1) is 0 Å². The Hall–Kier alpha value is -3.73. The summed E-state index contributed by atoms with van der Waals surface area (Å²) in [7, 11) is 0. The zero-order chi connectivity index (χ0) is 54.8. The van der Waals surface area contributed by atoms with Gasteiger partial charge in [-0.25, -0.2) is 0 Å². The Kier molecular flexibility index (Phi) is 62.3. The minimum absolute atomic E-state index is 0.0821. The summed E-state index contributed by atoms with van der Waals surface area (Å²) >= 11 is 0. The van der Waals surface area contributed by atoms with E-state index in [1.165, 1.54) is 161 Å². The first-order valence-corrected chi connectivity index (χ1v) is 32.0. The van der Waals surface area contributed by atoms with Crippen molar-refractivity contribution in [3.05, 3.63) is 146 Å². The van der Waals surface area contributed by atoms with E-state index in [1.807, 2.05) is 6.08 Å². The van der Waals surface area contributed by atoms with E-state index in [-0.39, 0.29) is 12.5 Å². The molecule has 0 saturated carbocycles. The largest absolute Gasteiger partial charge is 0.394 e. The fourth-order valence-electron chi connectivity index (χ4n) is 8.99. The van der Waals surface area contributed by atoms with Gasteiger partial charge in [0.2, 0.25) is 5.91 Å². The molecule has 0 aromatic rings. The number of rotatable bonds is 57. The summed E-state index contributed by atoms with van der Waals surface area (Å²) in [5.74, 6) is -0.0821. The van der Waals surface area contributed by atoms with Crippen LogP contribution in [0.5, 0.6) is 0 Å². The summed E-state index contributed by atoms with van der Waals surface area (Å²) < 4.78 is 0. The molecule has 0 heterocycles. The number of carbonyl (C=O) groups excluding carboxylic acids is 1. The molecule has 0 radical (unpaired) electrons. The van der Waals surface area contributed by atoms with Crippen molar-refractivity contribution in [2.24, 2.45) is 0 Å². The number of aliphatic hydroxyl groups is 2. The molecule has 0 saturated heterocycles. The van der Waals surface area contributed by atoms with Crippen LogP contribution in [-0.2, 0) is 4.79 Å². The molecule has 0 aliphatic rings. The fourth-order valence-corrected chi connectivity index (χ4v) is 8.99. The SMILES string of the molecule is CC/C=C\C/C=C\C/C=C\C/C=C\C/C=C\C/C=C\C/C=C\C/C=C\C/C=C\C/C=C\CCCCCCCCCCCCC(=O)NC(CO)C(O)/C=C/CC/C=C/CCCCCCCCCCCCCCCCCCC. The Morgan fingerprint density at radius 1 is 0.329 bits per heavy atom. The van der Waals surface area contributed by atoms with E-state index in [0.29, 0.717) is 6.42 Å². The van der Waals surface area contributed by atoms with Crippen LogP contribution in [0.2, 0.25) is 0 Å². The first-order valence-electron chi connectivity index (χ1n) is 32.0. The average molecular weight is 1050 g/mol. The van der Waals surface area contributed by atoms with Crippen molar-refractivity contribution >= 4 is 5.91 Å². The van der Waals surface area contributed by atoms with E-state index in [1.54, 1.807) is 6.08 Å². The number of unbranched alkanes of at least 4 members (excludes halogenated alkanes) is 28. The van der Waals surface area contributed by atoms with Gasteiger partial charge < -0.3 is 15.5 Å². The molecule has 2 atom stereocenters. The lowest BCUT2D eigenvalue weighted by Gasteiger charge is -2.19. The summed E-state index contributed by atoms with van der Waals surface area (Å²) in [6.07, 6.45) is 103. The Labute approximate surface area is 472 Å². The average Bonchev–Trinajstić information content (AvgIpc) is 3.42. The lowest BCUT2D eigenvalue weighted by molar-refractivity contribution is -0.123. The van der Waals surface area contributed by atoms with Crippen molar-refractivity contribution in [1.82, 2.24) is 5.32 Å². The molecule has 1 amide bonds. The van der Waals surface area contributed by atoms with E-state index in [4.69, 9.17) is 0 Å². The van der Waals surface area contributed by atoms with E-state index in [0.717, 1.165) is 103 Å². The van der Waals surface area contributed by atoms with Crippen LogP contribution in [0.4, 0.5) is 0 Å². The predicted octanol–water partition coefficient (Wildman–Crippen LogP) is 21.9. The number of hydrogen-bond donors (Lipinski definition) is 3. The highest BCUT2D eigenvalue weighted by Crippen LogP contribution is 2.16. The molecule has 0 aliphatic carbocycles. The fraction of sp³-hybridized carbons (Fsp3) is 0.653. The Bertz CT molecular complexity index is 1560. The summed E-state index contributed by atoms with van der Waals surface area (Å²) in [6.45, 7) is 4.19. The molecule has 0 bridgehead atoms. The second kappa shape index (κ2) is 65.6. The van der Waals surface area contributed by atoms with Gasteiger partial charge in [0.25, 0.3) is 0 Å². The van der Waals surface area contributed by atoms with Crippen LogP contribution in [0.25, 0.3) is 0 Å². The van der Waals surface area contributed by atoms with Gasteiger partial charge in [0.15, 0.2) is 0 Å². The Balaban J connectivity index is 3.62. The summed E-state index contributed by atoms with van der Waals surface area (Å²) in [5.41, 5.74) is 0. The second-order valence-corrected chi connectivity index (χ2v) is 21.1. The standard InChI is InChI=1S/C72H121NO3/c1-3-5-7-9-11-13-15-17-19-21-23-25-27-28-29-30-31-32-33-34-35-36-37-38-39-40-41-42-43-44-46-48-50-52-54-56-58-60-62-64-66-68-72(76)73-70(69-74)71(75)67-65-63-61-59-57-55-53-51-49-47-45-26-24-22-20-18-16-14-12-10-8-6-4-2/h5,7,11,13,17,19,23,25,28-29,31-32,34-35,37-38,40-41,43-44,57,59,65,67,70-71,74-75H,3-4,6,8-10,12,14-16,18,20-22,24,26-27,30,33,36,39,42,45-56,58,60-64,66,68-69H2,1-2H3,(H,73,76)/b7-5-,13-11-,19-17-,25-23-,29-28-,32-31-,35-34-,38-37-,41-40-,44-43-,59-57+,67-65+. The van der Waals surface area contributed by atoms with Crippen molar-refractivity contribution in [3.63, 3.8) is 0 Å². The van der Waals surface area contributed by atoms with Crippen molar-refractivity contribution in [1.29, 1.82) is 0 Å². The van der Waals surface area contributed by atoms with Crippen LogP contribution in [0.3, 0.4) is 0 Å². The summed E-state index contributed by atoms with van der Waals surface area (Å²) in [5, 5.41) is 23.2. The number of nitrogens with one attached hydrogen (secondary N) is 1. The first kappa shape index (κ1) is 72.3. The highest BCUT2D eigenvalue weighted by atomic mass is 16.3. The summed E-state index contributed by atoms with van der Waals surface area (Å²) in [6, 6.07) is -0.652. The maximum Gasteiger partial charge on any atom is 0.220 e. The Morgan fingerprint density at radius 3 is 0.921 bits per heavy atom. The van der Waals surface area contributed by atoms with Gasteiger partial charge in [-0.05, 0) is 109 Å². The third-order valence-corrected chi connectivity index (χ3v) is 13.8. The zero-order valence-corrected chi connectivity index (χ0v) is 49.7. The molecule has 76 heavy (non-hydrogen) atoms. The third kappa shape index (κ3) is 61.1. The van der Waals surface area contributed by atoms with E-state index in [9.17, 15) is 15.0 Å². The highest BCUT2D eigenvalue weighted by molar-refractivity contribution is 5.76. The van der Waals surface area contributed by atoms with E-state index in [2.05, 4.69) is 153 Å². The number of amides is 1. The van der Waals surface area contributed by atoms with Gasteiger partial charge in [0.05, 0.1) is 18.8 Å². The van der Waals surface area contributed by atoms with Gasteiger partial charge in [0, 0.05) is 6.42 Å². The van der Waals surface area contributed by atoms with Crippen LogP contribution in [-0.4, -0.2) is 34.9 Å². The first-order chi connectivity index (χ1) is 37.7. The quantitative estimate of drug-likeness (QED) is 0.0420. The Morgan fingerprint density at radius 2 is 0.592 bits per heavy atom. The highest BCUT2D eigenvalue weighted by Gasteiger charge is 2.18. The molecular formula is C72H121NO3. The summed E-state index contributed by atoms with van der Waals surface area (Å²) in [4.78, 5) is 12.5. The van der Waals surface area contributed by atoms with Gasteiger partial charge in [-0.15, -0.1) is 0 Å². The van der Waals surface area contributed by atoms with Crippen LogP contribution < -0.4 is 5.32 Å². The van der Waals surface area contributed by atoms with Gasteiger partial charge in [-0.3, -0.25) is 4.79 Å². The lowest BCUT2D eigenvalue weighted by Crippen LogP contribution is -2.45. The minimum Gasteiger partial charge on any atom is -0.394 e. The molecular weight excluding hydrogens is 927 g/mol. The molecule has 0 aromatic heterocycles. The molecule has 2 unspecified atom stereocenters. The smallest absolute Gasteiger partial charge is 0.220 e. The van der Waals surface area contributed by atoms with Crippen molar-refractivity contribution in [3.8, 4) is 0 Å². The van der Waals surface area contributed by atoms with Gasteiger partial charge in [0.1, 0.15) is 0 Å².